The number of nitrogen functional groups attached to an aromatic ring is 1. The van der Waals surface area contributed by atoms with Gasteiger partial charge in [-0.25, -0.2) is 4.39 Å². The predicted octanol–water partition coefficient (Wildman–Crippen LogP) is 2.84. The van der Waals surface area contributed by atoms with E-state index in [2.05, 4.69) is 20.9 Å². The van der Waals surface area contributed by atoms with Crippen molar-refractivity contribution in [2.75, 3.05) is 5.73 Å². The summed E-state index contributed by atoms with van der Waals surface area (Å²) in [6, 6.07) is 5.88. The first kappa shape index (κ1) is 13.0. The van der Waals surface area contributed by atoms with Crippen LogP contribution >= 0.6 is 15.9 Å². The summed E-state index contributed by atoms with van der Waals surface area (Å²) in [6.45, 7) is 0. The molecule has 1 aromatic heterocycles. The van der Waals surface area contributed by atoms with Gasteiger partial charge in [-0.3, -0.25) is 4.98 Å². The van der Waals surface area contributed by atoms with Gasteiger partial charge in [-0.1, -0.05) is 15.9 Å². The summed E-state index contributed by atoms with van der Waals surface area (Å²) >= 11 is 3.29. The van der Waals surface area contributed by atoms with E-state index >= 15 is 0 Å². The molecule has 94 valence electrons. The monoisotopic (exact) mass is 310 g/mol. The molecule has 1 aromatic carbocycles. The number of anilines is 1. The van der Waals surface area contributed by atoms with E-state index in [1.165, 1.54) is 12.1 Å². The Labute approximate surface area is 113 Å². The van der Waals surface area contributed by atoms with Gasteiger partial charge < -0.3 is 10.8 Å². The van der Waals surface area contributed by atoms with Crippen LogP contribution in [0.2, 0.25) is 0 Å². The zero-order valence-electron chi connectivity index (χ0n) is 9.48. The third-order valence-corrected chi connectivity index (χ3v) is 3.39. The van der Waals surface area contributed by atoms with Crippen molar-refractivity contribution < 1.29 is 9.50 Å². The number of nitrogens with zero attached hydrogens (tertiary/aromatic N) is 1. The van der Waals surface area contributed by atoms with Gasteiger partial charge in [0.15, 0.2) is 0 Å². The van der Waals surface area contributed by atoms with Gasteiger partial charge in [-0.15, -0.1) is 0 Å². The van der Waals surface area contributed by atoms with Crippen LogP contribution in [-0.2, 0) is 6.42 Å². The van der Waals surface area contributed by atoms with Gasteiger partial charge in [-0.2, -0.15) is 0 Å². The number of rotatable bonds is 3. The Kier molecular flexibility index (Phi) is 3.93. The number of aromatic nitrogens is 1. The summed E-state index contributed by atoms with van der Waals surface area (Å²) in [5.74, 6) is -0.383. The molecule has 1 atom stereocenters. The average Bonchev–Trinajstić information content (AvgIpc) is 2.35. The SMILES string of the molecule is Nc1ccncc1CC(O)c1cc(F)ccc1Br. The first-order valence-corrected chi connectivity index (χ1v) is 6.18. The van der Waals surface area contributed by atoms with Crippen LogP contribution in [0, 0.1) is 5.82 Å². The Balaban J connectivity index is 2.25. The molecule has 0 aliphatic heterocycles. The second-order valence-electron chi connectivity index (χ2n) is 3.96. The van der Waals surface area contributed by atoms with Crippen molar-refractivity contribution in [3.8, 4) is 0 Å². The van der Waals surface area contributed by atoms with Gasteiger partial charge in [0.05, 0.1) is 6.10 Å². The smallest absolute Gasteiger partial charge is 0.123 e. The summed E-state index contributed by atoms with van der Waals surface area (Å²) in [5, 5.41) is 10.1. The number of aliphatic hydroxyl groups is 1. The van der Waals surface area contributed by atoms with Gasteiger partial charge >= 0.3 is 0 Å². The summed E-state index contributed by atoms with van der Waals surface area (Å²) in [6.07, 6.45) is 2.65. The number of benzene rings is 1. The minimum Gasteiger partial charge on any atom is -0.398 e. The quantitative estimate of drug-likeness (QED) is 0.916. The molecule has 0 fully saturated rings. The number of hydrogen-bond donors (Lipinski definition) is 2. The summed E-state index contributed by atoms with van der Waals surface area (Å²) < 4.78 is 13.8. The van der Waals surface area contributed by atoms with Crippen molar-refractivity contribution in [2.24, 2.45) is 0 Å². The second kappa shape index (κ2) is 5.46. The first-order valence-electron chi connectivity index (χ1n) is 5.39. The van der Waals surface area contributed by atoms with Crippen molar-refractivity contribution in [2.45, 2.75) is 12.5 Å². The van der Waals surface area contributed by atoms with Crippen molar-refractivity contribution in [3.05, 3.63) is 58.1 Å². The molecule has 0 bridgehead atoms. The highest BCUT2D eigenvalue weighted by Gasteiger charge is 2.14. The van der Waals surface area contributed by atoms with Crippen molar-refractivity contribution in [3.63, 3.8) is 0 Å². The predicted molar refractivity (Wildman–Crippen MR) is 71.4 cm³/mol. The zero-order chi connectivity index (χ0) is 13.1. The van der Waals surface area contributed by atoms with Crippen LogP contribution in [-0.4, -0.2) is 10.1 Å². The second-order valence-corrected chi connectivity index (χ2v) is 4.81. The van der Waals surface area contributed by atoms with Crippen molar-refractivity contribution in [1.82, 2.24) is 4.98 Å². The lowest BCUT2D eigenvalue weighted by Gasteiger charge is -2.14. The highest BCUT2D eigenvalue weighted by atomic mass is 79.9. The van der Waals surface area contributed by atoms with Crippen molar-refractivity contribution >= 4 is 21.6 Å². The lowest BCUT2D eigenvalue weighted by atomic mass is 10.0. The van der Waals surface area contributed by atoms with E-state index in [0.29, 0.717) is 22.1 Å². The maximum Gasteiger partial charge on any atom is 0.123 e. The minimum absolute atomic E-state index is 0.293. The van der Waals surface area contributed by atoms with Crippen LogP contribution < -0.4 is 5.73 Å². The van der Waals surface area contributed by atoms with Crippen LogP contribution in [0.25, 0.3) is 0 Å². The largest absolute Gasteiger partial charge is 0.398 e. The van der Waals surface area contributed by atoms with Crippen LogP contribution in [0.4, 0.5) is 10.1 Å². The van der Waals surface area contributed by atoms with E-state index in [9.17, 15) is 9.50 Å². The van der Waals surface area contributed by atoms with E-state index in [-0.39, 0.29) is 5.82 Å². The van der Waals surface area contributed by atoms with Crippen LogP contribution in [0.3, 0.4) is 0 Å². The Bertz CT molecular complexity index is 562. The molecule has 0 amide bonds. The fourth-order valence-corrected chi connectivity index (χ4v) is 2.21. The topological polar surface area (TPSA) is 59.1 Å². The van der Waals surface area contributed by atoms with Gasteiger partial charge in [0.1, 0.15) is 5.82 Å². The van der Waals surface area contributed by atoms with Gasteiger partial charge in [0.2, 0.25) is 0 Å². The Morgan fingerprint density at radius 1 is 1.39 bits per heavy atom. The Morgan fingerprint density at radius 2 is 2.17 bits per heavy atom. The fourth-order valence-electron chi connectivity index (χ4n) is 1.70. The van der Waals surface area contributed by atoms with E-state index in [0.717, 1.165) is 5.56 Å². The molecule has 0 spiro atoms. The zero-order valence-corrected chi connectivity index (χ0v) is 11.1. The van der Waals surface area contributed by atoms with Gasteiger partial charge in [0, 0.05) is 29.0 Å². The maximum absolute atomic E-state index is 13.2. The highest BCUT2D eigenvalue weighted by Crippen LogP contribution is 2.27. The summed E-state index contributed by atoms with van der Waals surface area (Å²) in [4.78, 5) is 3.96. The number of hydrogen-bond acceptors (Lipinski definition) is 3. The number of aliphatic hydroxyl groups excluding tert-OH is 1. The third-order valence-electron chi connectivity index (χ3n) is 2.67. The van der Waals surface area contributed by atoms with E-state index in [4.69, 9.17) is 5.73 Å². The minimum atomic E-state index is -0.832. The maximum atomic E-state index is 13.2. The number of halogens is 2. The third kappa shape index (κ3) is 2.86. The Morgan fingerprint density at radius 3 is 2.89 bits per heavy atom. The Hall–Kier alpha value is -1.46. The first-order chi connectivity index (χ1) is 8.58. The molecule has 2 aromatic rings. The molecular weight excluding hydrogens is 299 g/mol. The van der Waals surface area contributed by atoms with E-state index in [1.54, 1.807) is 24.5 Å². The molecule has 3 N–H and O–H groups in total. The van der Waals surface area contributed by atoms with E-state index in [1.807, 2.05) is 0 Å². The average molecular weight is 311 g/mol. The summed E-state index contributed by atoms with van der Waals surface area (Å²) in [5.41, 5.74) is 7.58. The normalized spacial score (nSPS) is 12.4. The number of pyridine rings is 1. The molecule has 0 radical (unpaired) electrons. The molecule has 1 heterocycles. The lowest BCUT2D eigenvalue weighted by molar-refractivity contribution is 0.177. The van der Waals surface area contributed by atoms with Crippen LogP contribution in [0.5, 0.6) is 0 Å². The molecule has 18 heavy (non-hydrogen) atoms. The molecule has 0 aliphatic rings. The molecule has 0 aliphatic carbocycles. The molecule has 0 saturated carbocycles. The summed E-state index contributed by atoms with van der Waals surface area (Å²) in [7, 11) is 0. The molecule has 0 saturated heterocycles. The van der Waals surface area contributed by atoms with Crippen LogP contribution in [0.15, 0.2) is 41.1 Å². The molecule has 2 rings (SSSR count). The standard InChI is InChI=1S/C13H12BrFN2O/c14-11-2-1-9(15)6-10(11)13(18)5-8-7-17-4-3-12(8)16/h1-4,6-7,13,18H,5H2,(H2,16,17). The molecule has 1 unspecified atom stereocenters. The molecule has 5 heteroatoms. The van der Waals surface area contributed by atoms with Crippen LogP contribution in [0.1, 0.15) is 17.2 Å². The lowest BCUT2D eigenvalue weighted by Crippen LogP contribution is -2.06. The molecular formula is C13H12BrFN2O. The van der Waals surface area contributed by atoms with Gasteiger partial charge in [0.25, 0.3) is 0 Å². The highest BCUT2D eigenvalue weighted by molar-refractivity contribution is 9.10. The molecule has 3 nitrogen and oxygen atoms in total. The van der Waals surface area contributed by atoms with E-state index < -0.39 is 6.10 Å². The fraction of sp³-hybridized carbons (Fsp3) is 0.154. The van der Waals surface area contributed by atoms with Crippen molar-refractivity contribution in [1.29, 1.82) is 0 Å². The number of nitrogens with two attached hydrogens (primary N) is 1. The van der Waals surface area contributed by atoms with Gasteiger partial charge in [-0.05, 0) is 35.4 Å².